The number of aryl methyl sites for hydroxylation is 2. The molecular formula is C12H10ClN3S. The lowest BCUT2D eigenvalue weighted by atomic mass is 10.2. The molecule has 0 fully saturated rings. The molecule has 3 nitrogen and oxygen atoms in total. The second kappa shape index (κ2) is 4.82. The highest BCUT2D eigenvalue weighted by molar-refractivity contribution is 7.99. The third kappa shape index (κ3) is 2.63. The van der Waals surface area contributed by atoms with Gasteiger partial charge in [-0.3, -0.25) is 4.68 Å². The molecule has 0 saturated heterocycles. The van der Waals surface area contributed by atoms with Crippen molar-refractivity contribution in [2.24, 2.45) is 7.05 Å². The zero-order valence-electron chi connectivity index (χ0n) is 9.44. The van der Waals surface area contributed by atoms with E-state index in [4.69, 9.17) is 16.9 Å². The topological polar surface area (TPSA) is 41.6 Å². The molecule has 0 aliphatic heterocycles. The summed E-state index contributed by atoms with van der Waals surface area (Å²) >= 11 is 7.56. The summed E-state index contributed by atoms with van der Waals surface area (Å²) in [7, 11) is 1.90. The van der Waals surface area contributed by atoms with Crippen molar-refractivity contribution in [3.05, 3.63) is 40.5 Å². The first-order valence-electron chi connectivity index (χ1n) is 4.98. The van der Waals surface area contributed by atoms with Crippen LogP contribution < -0.4 is 0 Å². The van der Waals surface area contributed by atoms with Gasteiger partial charge in [-0.15, -0.1) is 0 Å². The predicted octanol–water partition coefficient (Wildman–Crippen LogP) is 3.40. The van der Waals surface area contributed by atoms with E-state index < -0.39 is 0 Å². The molecule has 17 heavy (non-hydrogen) atoms. The summed E-state index contributed by atoms with van der Waals surface area (Å²) in [5.41, 5.74) is 1.48. The van der Waals surface area contributed by atoms with Gasteiger partial charge in [-0.1, -0.05) is 23.4 Å². The van der Waals surface area contributed by atoms with Crippen LogP contribution in [-0.4, -0.2) is 9.78 Å². The first-order valence-corrected chi connectivity index (χ1v) is 6.18. The maximum absolute atomic E-state index is 8.79. The zero-order valence-corrected chi connectivity index (χ0v) is 11.0. The molecule has 1 aromatic heterocycles. The van der Waals surface area contributed by atoms with Crippen molar-refractivity contribution in [1.82, 2.24) is 9.78 Å². The highest BCUT2D eigenvalue weighted by atomic mass is 35.5. The van der Waals surface area contributed by atoms with Gasteiger partial charge in [0.05, 0.1) is 21.3 Å². The van der Waals surface area contributed by atoms with E-state index in [1.54, 1.807) is 23.9 Å². The third-order valence-electron chi connectivity index (χ3n) is 2.24. The van der Waals surface area contributed by atoms with Crippen LogP contribution >= 0.6 is 23.4 Å². The summed E-state index contributed by atoms with van der Waals surface area (Å²) < 4.78 is 1.83. The Labute approximate surface area is 109 Å². The number of nitrogens with zero attached hydrogens (tertiary/aromatic N) is 3. The van der Waals surface area contributed by atoms with Gasteiger partial charge in [-0.2, -0.15) is 10.4 Å². The van der Waals surface area contributed by atoms with Crippen LogP contribution in [0.4, 0.5) is 0 Å². The Bertz CT molecular complexity index is 598. The van der Waals surface area contributed by atoms with Crippen LogP contribution in [0.15, 0.2) is 34.2 Å². The molecule has 2 rings (SSSR count). The van der Waals surface area contributed by atoms with E-state index in [9.17, 15) is 0 Å². The Morgan fingerprint density at radius 3 is 2.71 bits per heavy atom. The molecule has 1 aromatic carbocycles. The van der Waals surface area contributed by atoms with Gasteiger partial charge in [0.25, 0.3) is 0 Å². The molecular weight excluding hydrogens is 254 g/mol. The summed E-state index contributed by atoms with van der Waals surface area (Å²) in [6.45, 7) is 1.95. The molecule has 1 heterocycles. The van der Waals surface area contributed by atoms with Crippen molar-refractivity contribution in [2.45, 2.75) is 16.8 Å². The maximum atomic E-state index is 8.79. The van der Waals surface area contributed by atoms with Gasteiger partial charge >= 0.3 is 0 Å². The number of hydrogen-bond acceptors (Lipinski definition) is 3. The smallest absolute Gasteiger partial charge is 0.101 e. The van der Waals surface area contributed by atoms with E-state index in [2.05, 4.69) is 5.10 Å². The Morgan fingerprint density at radius 2 is 2.18 bits per heavy atom. The van der Waals surface area contributed by atoms with Gasteiger partial charge in [0.2, 0.25) is 0 Å². The van der Waals surface area contributed by atoms with Crippen LogP contribution in [0.5, 0.6) is 0 Å². The van der Waals surface area contributed by atoms with Gasteiger partial charge < -0.3 is 0 Å². The Morgan fingerprint density at radius 1 is 1.41 bits per heavy atom. The molecule has 0 amide bonds. The molecule has 0 aliphatic carbocycles. The van der Waals surface area contributed by atoms with Crippen molar-refractivity contribution < 1.29 is 0 Å². The van der Waals surface area contributed by atoms with Crippen molar-refractivity contribution in [3.63, 3.8) is 0 Å². The minimum Gasteiger partial charge on any atom is -0.262 e. The lowest BCUT2D eigenvalue weighted by Crippen LogP contribution is -1.92. The summed E-state index contributed by atoms with van der Waals surface area (Å²) in [6.07, 6.45) is 0. The summed E-state index contributed by atoms with van der Waals surface area (Å²) in [4.78, 5) is 0.997. The monoisotopic (exact) mass is 263 g/mol. The van der Waals surface area contributed by atoms with Crippen LogP contribution in [0.3, 0.4) is 0 Å². The highest BCUT2D eigenvalue weighted by Gasteiger charge is 2.06. The molecule has 0 aliphatic rings. The summed E-state index contributed by atoms with van der Waals surface area (Å²) in [5.74, 6) is 0. The number of benzene rings is 1. The average Bonchev–Trinajstić information content (AvgIpc) is 2.58. The molecule has 0 saturated carbocycles. The number of halogens is 1. The maximum Gasteiger partial charge on any atom is 0.101 e. The molecule has 5 heteroatoms. The quantitative estimate of drug-likeness (QED) is 0.834. The fourth-order valence-electron chi connectivity index (χ4n) is 1.45. The van der Waals surface area contributed by atoms with Gasteiger partial charge in [-0.25, -0.2) is 0 Å². The van der Waals surface area contributed by atoms with Gasteiger partial charge in [0, 0.05) is 11.9 Å². The predicted molar refractivity (Wildman–Crippen MR) is 68.2 cm³/mol. The molecule has 0 spiro atoms. The van der Waals surface area contributed by atoms with E-state index in [-0.39, 0.29) is 0 Å². The van der Waals surface area contributed by atoms with Crippen LogP contribution in [0.1, 0.15) is 11.3 Å². The summed E-state index contributed by atoms with van der Waals surface area (Å²) in [5, 5.41) is 14.6. The van der Waals surface area contributed by atoms with E-state index in [1.807, 2.05) is 36.9 Å². The molecule has 2 aromatic rings. The van der Waals surface area contributed by atoms with Crippen molar-refractivity contribution in [2.75, 3.05) is 0 Å². The van der Waals surface area contributed by atoms with Crippen molar-refractivity contribution >= 4 is 23.4 Å². The third-order valence-corrected chi connectivity index (χ3v) is 3.64. The normalized spacial score (nSPS) is 10.2. The number of nitriles is 1. The number of hydrogen-bond donors (Lipinski definition) is 0. The molecule has 0 N–H and O–H groups in total. The SMILES string of the molecule is Cc1cc(Sc2ccc(C#N)c(Cl)c2)n(C)n1. The Kier molecular flexibility index (Phi) is 3.41. The largest absolute Gasteiger partial charge is 0.262 e. The first-order chi connectivity index (χ1) is 8.10. The first kappa shape index (κ1) is 12.0. The molecule has 0 bridgehead atoms. The van der Waals surface area contributed by atoms with Gasteiger partial charge in [0.15, 0.2) is 0 Å². The molecule has 0 atom stereocenters. The molecule has 86 valence electrons. The zero-order chi connectivity index (χ0) is 12.4. The minimum atomic E-state index is 0.483. The fraction of sp³-hybridized carbons (Fsp3) is 0.167. The number of aromatic nitrogens is 2. The second-order valence-corrected chi connectivity index (χ2v) is 5.10. The summed E-state index contributed by atoms with van der Waals surface area (Å²) in [6, 6.07) is 9.47. The number of rotatable bonds is 2. The van der Waals surface area contributed by atoms with Gasteiger partial charge in [0.1, 0.15) is 6.07 Å². The van der Waals surface area contributed by atoms with Crippen molar-refractivity contribution in [1.29, 1.82) is 5.26 Å². The van der Waals surface area contributed by atoms with E-state index in [1.165, 1.54) is 0 Å². The second-order valence-electron chi connectivity index (χ2n) is 3.60. The van der Waals surface area contributed by atoms with Gasteiger partial charge in [-0.05, 0) is 31.2 Å². The molecule has 0 radical (unpaired) electrons. The fourth-order valence-corrected chi connectivity index (χ4v) is 2.70. The highest BCUT2D eigenvalue weighted by Crippen LogP contribution is 2.30. The molecule has 0 unspecified atom stereocenters. The standard InChI is InChI=1S/C12H10ClN3S/c1-8-5-12(16(2)15-8)17-10-4-3-9(7-14)11(13)6-10/h3-6H,1-2H3. The lowest BCUT2D eigenvalue weighted by Gasteiger charge is -2.03. The average molecular weight is 264 g/mol. The lowest BCUT2D eigenvalue weighted by molar-refractivity contribution is 0.692. The van der Waals surface area contributed by atoms with Crippen molar-refractivity contribution in [3.8, 4) is 6.07 Å². The van der Waals surface area contributed by atoms with E-state index in [0.29, 0.717) is 10.6 Å². The van der Waals surface area contributed by atoms with E-state index >= 15 is 0 Å². The Balaban J connectivity index is 2.28. The van der Waals surface area contributed by atoms with E-state index in [0.717, 1.165) is 15.6 Å². The van der Waals surface area contributed by atoms with Crippen LogP contribution in [0.2, 0.25) is 5.02 Å². The Hall–Kier alpha value is -1.44. The van der Waals surface area contributed by atoms with Crippen LogP contribution in [0.25, 0.3) is 0 Å². The van der Waals surface area contributed by atoms with Crippen LogP contribution in [0, 0.1) is 18.3 Å². The van der Waals surface area contributed by atoms with Crippen LogP contribution in [-0.2, 0) is 7.05 Å². The minimum absolute atomic E-state index is 0.483.